The molecule has 0 heterocycles. The summed E-state index contributed by atoms with van der Waals surface area (Å²) in [7, 11) is 1.75. The monoisotopic (exact) mass is 277 g/mol. The first-order valence-electron chi connectivity index (χ1n) is 7.42. The summed E-state index contributed by atoms with van der Waals surface area (Å²) >= 11 is 0. The smallest absolute Gasteiger partial charge is 0.191 e. The van der Waals surface area contributed by atoms with Crippen LogP contribution in [0.5, 0.6) is 0 Å². The number of ether oxygens (including phenoxy) is 1. The van der Waals surface area contributed by atoms with E-state index in [1.54, 1.807) is 7.11 Å². The van der Waals surface area contributed by atoms with Crippen LogP contribution >= 0.6 is 0 Å². The number of hydrogen-bond acceptors (Lipinski definition) is 2. The number of unbranched alkanes of at least 4 members (excludes halogenated alkanes) is 2. The van der Waals surface area contributed by atoms with Gasteiger partial charge in [0.1, 0.15) is 0 Å². The van der Waals surface area contributed by atoms with Gasteiger partial charge in [-0.25, -0.2) is 4.99 Å². The first kappa shape index (κ1) is 16.5. The van der Waals surface area contributed by atoms with Crippen LogP contribution in [0, 0.1) is 0 Å². The fraction of sp³-hybridized carbons (Fsp3) is 0.562. The van der Waals surface area contributed by atoms with Gasteiger partial charge in [0.2, 0.25) is 0 Å². The second-order valence-electron chi connectivity index (χ2n) is 4.66. The number of nitrogens with zero attached hydrogens (tertiary/aromatic N) is 1. The van der Waals surface area contributed by atoms with Crippen molar-refractivity contribution in [3.63, 3.8) is 0 Å². The highest BCUT2D eigenvalue weighted by Crippen LogP contribution is 2.00. The number of nitrogens with one attached hydrogen (secondary N) is 2. The van der Waals surface area contributed by atoms with E-state index in [4.69, 9.17) is 4.74 Å². The van der Waals surface area contributed by atoms with Gasteiger partial charge in [-0.2, -0.15) is 0 Å². The fourth-order valence-corrected chi connectivity index (χ4v) is 1.85. The second-order valence-corrected chi connectivity index (χ2v) is 4.66. The van der Waals surface area contributed by atoms with Gasteiger partial charge < -0.3 is 15.4 Å². The highest BCUT2D eigenvalue weighted by molar-refractivity contribution is 5.79. The van der Waals surface area contributed by atoms with Crippen LogP contribution in [0.4, 0.5) is 0 Å². The molecule has 112 valence electrons. The van der Waals surface area contributed by atoms with Crippen LogP contribution in [0.15, 0.2) is 35.3 Å². The van der Waals surface area contributed by atoms with Crippen molar-refractivity contribution in [1.29, 1.82) is 0 Å². The topological polar surface area (TPSA) is 45.7 Å². The largest absolute Gasteiger partial charge is 0.385 e. The van der Waals surface area contributed by atoms with E-state index < -0.39 is 0 Å². The van der Waals surface area contributed by atoms with E-state index in [0.717, 1.165) is 38.5 Å². The Morgan fingerprint density at radius 1 is 1.10 bits per heavy atom. The summed E-state index contributed by atoms with van der Waals surface area (Å²) in [5.74, 6) is 0.892. The highest BCUT2D eigenvalue weighted by atomic mass is 16.5. The van der Waals surface area contributed by atoms with Gasteiger partial charge in [0.05, 0.1) is 6.54 Å². The fourth-order valence-electron chi connectivity index (χ4n) is 1.85. The van der Waals surface area contributed by atoms with Crippen molar-refractivity contribution in [3.05, 3.63) is 35.9 Å². The highest BCUT2D eigenvalue weighted by Gasteiger charge is 1.97. The molecule has 0 aliphatic rings. The van der Waals surface area contributed by atoms with Crippen LogP contribution < -0.4 is 10.6 Å². The van der Waals surface area contributed by atoms with Gasteiger partial charge in [0.15, 0.2) is 5.96 Å². The average molecular weight is 277 g/mol. The normalized spacial score (nSPS) is 11.4. The molecular formula is C16H27N3O. The zero-order valence-electron chi connectivity index (χ0n) is 12.7. The van der Waals surface area contributed by atoms with Crippen LogP contribution in [0.1, 0.15) is 31.7 Å². The van der Waals surface area contributed by atoms with Crippen LogP contribution in [0.25, 0.3) is 0 Å². The summed E-state index contributed by atoms with van der Waals surface area (Å²) in [6, 6.07) is 10.3. The van der Waals surface area contributed by atoms with E-state index in [1.807, 2.05) is 18.2 Å². The van der Waals surface area contributed by atoms with Crippen molar-refractivity contribution >= 4 is 5.96 Å². The molecule has 4 heteroatoms. The lowest BCUT2D eigenvalue weighted by Crippen LogP contribution is -2.37. The third kappa shape index (κ3) is 7.79. The van der Waals surface area contributed by atoms with Crippen molar-refractivity contribution in [2.75, 3.05) is 26.8 Å². The molecule has 0 saturated heterocycles. The summed E-state index contributed by atoms with van der Waals surface area (Å²) < 4.78 is 5.04. The third-order valence-corrected chi connectivity index (χ3v) is 2.92. The summed E-state index contributed by atoms with van der Waals surface area (Å²) in [6.45, 7) is 5.47. The Morgan fingerprint density at radius 2 is 1.90 bits per heavy atom. The molecule has 0 atom stereocenters. The SMILES string of the molecule is CCNC(=NCc1ccccc1)NCCCCCOC. The molecular weight excluding hydrogens is 250 g/mol. The number of hydrogen-bond donors (Lipinski definition) is 2. The lowest BCUT2D eigenvalue weighted by atomic mass is 10.2. The van der Waals surface area contributed by atoms with Crippen LogP contribution in [0.2, 0.25) is 0 Å². The molecule has 1 rings (SSSR count). The van der Waals surface area contributed by atoms with Crippen molar-refractivity contribution < 1.29 is 4.74 Å². The summed E-state index contributed by atoms with van der Waals surface area (Å²) in [6.07, 6.45) is 3.44. The number of benzene rings is 1. The second kappa shape index (κ2) is 11.3. The van der Waals surface area contributed by atoms with Crippen molar-refractivity contribution in [2.45, 2.75) is 32.7 Å². The molecule has 0 saturated carbocycles. The Labute approximate surface area is 122 Å². The molecule has 0 spiro atoms. The molecule has 2 N–H and O–H groups in total. The minimum absolute atomic E-state index is 0.708. The molecule has 0 bridgehead atoms. The number of methoxy groups -OCH3 is 1. The van der Waals surface area contributed by atoms with Crippen LogP contribution in [0.3, 0.4) is 0 Å². The molecule has 0 unspecified atom stereocenters. The predicted octanol–water partition coefficient (Wildman–Crippen LogP) is 2.56. The maximum Gasteiger partial charge on any atom is 0.191 e. The summed E-state index contributed by atoms with van der Waals surface area (Å²) in [5.41, 5.74) is 1.23. The van der Waals surface area contributed by atoms with E-state index >= 15 is 0 Å². The van der Waals surface area contributed by atoms with Gasteiger partial charge in [0.25, 0.3) is 0 Å². The number of aliphatic imine (C=N–C) groups is 1. The lowest BCUT2D eigenvalue weighted by Gasteiger charge is -2.11. The molecule has 0 fully saturated rings. The quantitative estimate of drug-likeness (QED) is 0.414. The van der Waals surface area contributed by atoms with Crippen molar-refractivity contribution in [3.8, 4) is 0 Å². The number of guanidine groups is 1. The van der Waals surface area contributed by atoms with E-state index in [1.165, 1.54) is 12.0 Å². The number of rotatable bonds is 9. The van der Waals surface area contributed by atoms with Crippen molar-refractivity contribution in [2.24, 2.45) is 4.99 Å². The molecule has 0 aromatic heterocycles. The van der Waals surface area contributed by atoms with Gasteiger partial charge >= 0.3 is 0 Å². The molecule has 20 heavy (non-hydrogen) atoms. The molecule has 1 aromatic rings. The Balaban J connectivity index is 2.28. The first-order chi connectivity index (χ1) is 9.86. The molecule has 0 radical (unpaired) electrons. The average Bonchev–Trinajstić information content (AvgIpc) is 2.49. The Morgan fingerprint density at radius 3 is 2.60 bits per heavy atom. The van der Waals surface area contributed by atoms with E-state index in [9.17, 15) is 0 Å². The van der Waals surface area contributed by atoms with Gasteiger partial charge in [-0.15, -0.1) is 0 Å². The Hall–Kier alpha value is -1.55. The van der Waals surface area contributed by atoms with Gasteiger partial charge in [-0.3, -0.25) is 0 Å². The van der Waals surface area contributed by atoms with Gasteiger partial charge in [-0.1, -0.05) is 30.3 Å². The Bertz CT molecular complexity index is 365. The minimum atomic E-state index is 0.708. The van der Waals surface area contributed by atoms with Crippen LogP contribution in [-0.4, -0.2) is 32.8 Å². The molecule has 0 aliphatic heterocycles. The maximum atomic E-state index is 5.04. The molecule has 0 aliphatic carbocycles. The van der Waals surface area contributed by atoms with Crippen molar-refractivity contribution in [1.82, 2.24) is 10.6 Å². The molecule has 4 nitrogen and oxygen atoms in total. The standard InChI is InChI=1S/C16H27N3O/c1-3-17-16(18-12-8-5-9-13-20-2)19-14-15-10-6-4-7-11-15/h4,6-7,10-11H,3,5,8-9,12-14H2,1-2H3,(H2,17,18,19). The van der Waals surface area contributed by atoms with E-state index in [-0.39, 0.29) is 0 Å². The zero-order valence-corrected chi connectivity index (χ0v) is 12.7. The minimum Gasteiger partial charge on any atom is -0.385 e. The predicted molar refractivity (Wildman–Crippen MR) is 85.0 cm³/mol. The van der Waals surface area contributed by atoms with Gasteiger partial charge in [0, 0.05) is 26.8 Å². The molecule has 1 aromatic carbocycles. The lowest BCUT2D eigenvalue weighted by molar-refractivity contribution is 0.192. The van der Waals surface area contributed by atoms with Crippen LogP contribution in [-0.2, 0) is 11.3 Å². The summed E-state index contributed by atoms with van der Waals surface area (Å²) in [5, 5.41) is 6.64. The van der Waals surface area contributed by atoms with E-state index in [0.29, 0.717) is 6.54 Å². The summed E-state index contributed by atoms with van der Waals surface area (Å²) in [4.78, 5) is 4.59. The Kier molecular flexibility index (Phi) is 9.32. The maximum absolute atomic E-state index is 5.04. The first-order valence-corrected chi connectivity index (χ1v) is 7.42. The third-order valence-electron chi connectivity index (χ3n) is 2.92. The van der Waals surface area contributed by atoms with E-state index in [2.05, 4.69) is 34.7 Å². The molecule has 0 amide bonds. The zero-order chi connectivity index (χ0) is 14.5. The van der Waals surface area contributed by atoms with Gasteiger partial charge in [-0.05, 0) is 31.7 Å².